The molecule has 0 aliphatic carbocycles. The molecule has 4 N–H and O–H groups in total. The Labute approximate surface area is 178 Å². The van der Waals surface area contributed by atoms with Gasteiger partial charge in [0.25, 0.3) is 0 Å². The highest BCUT2D eigenvalue weighted by atomic mass is 19.1. The van der Waals surface area contributed by atoms with Crippen molar-refractivity contribution in [1.29, 1.82) is 0 Å². The summed E-state index contributed by atoms with van der Waals surface area (Å²) in [5.74, 6) is 1.81. The van der Waals surface area contributed by atoms with Crippen molar-refractivity contribution < 1.29 is 29.0 Å². The number of phenols is 1. The molecule has 2 atom stereocenters. The van der Waals surface area contributed by atoms with E-state index >= 15 is 0 Å². The first-order chi connectivity index (χ1) is 15.1. The highest BCUT2D eigenvalue weighted by molar-refractivity contribution is 5.68. The molecule has 0 bridgehead atoms. The number of fused-ring (bicyclic) bond motifs is 1. The second-order valence-corrected chi connectivity index (χ2v) is 7.47. The molecule has 0 aromatic heterocycles. The molecule has 5 rings (SSSR count). The van der Waals surface area contributed by atoms with Gasteiger partial charge in [-0.1, -0.05) is 12.1 Å². The van der Waals surface area contributed by atoms with E-state index in [0.29, 0.717) is 17.2 Å². The maximum Gasteiger partial charge on any atom is 0.231 e. The maximum absolute atomic E-state index is 13.9. The van der Waals surface area contributed by atoms with Crippen molar-refractivity contribution in [3.05, 3.63) is 89.2 Å². The van der Waals surface area contributed by atoms with Crippen LogP contribution in [0.5, 0.6) is 23.0 Å². The summed E-state index contributed by atoms with van der Waals surface area (Å²) < 4.78 is 30.1. The van der Waals surface area contributed by atoms with Crippen molar-refractivity contribution in [2.24, 2.45) is 0 Å². The minimum absolute atomic E-state index is 0.141. The van der Waals surface area contributed by atoms with Crippen LogP contribution in [0.2, 0.25) is 0 Å². The van der Waals surface area contributed by atoms with Crippen LogP contribution >= 0.6 is 0 Å². The molecule has 3 aromatic carbocycles. The number of hydrogen-bond acceptors (Lipinski definition) is 5. The molecule has 2 unspecified atom stereocenters. The number of aromatic hydroxyl groups is 1. The van der Waals surface area contributed by atoms with E-state index in [1.165, 1.54) is 12.1 Å². The molecular weight excluding hydrogens is 399 g/mol. The average Bonchev–Trinajstić information content (AvgIpc) is 3.26. The van der Waals surface area contributed by atoms with E-state index in [1.807, 2.05) is 47.8 Å². The number of hydrogen-bond donors (Lipinski definition) is 3. The zero-order chi connectivity index (χ0) is 21.4. The molecule has 3 aromatic rings. The van der Waals surface area contributed by atoms with Crippen LogP contribution in [-0.2, 0) is 0 Å². The molecular formula is C24H22FN2O4+. The van der Waals surface area contributed by atoms with Crippen LogP contribution in [0.25, 0.3) is 5.70 Å². The predicted octanol–water partition coefficient (Wildman–Crippen LogP) is 3.22. The minimum atomic E-state index is -0.296. The SMILES string of the molecule is COc1ccc(C2C=C(c3ccc4c(c3)OCO4)NC(c3cccc(F)c3)[NH2+]2)c(O)c1. The third-order valence-corrected chi connectivity index (χ3v) is 5.55. The molecule has 0 radical (unpaired) electrons. The van der Waals surface area contributed by atoms with Crippen LogP contribution in [0.15, 0.2) is 66.7 Å². The normalized spacial score (nSPS) is 19.5. The second-order valence-electron chi connectivity index (χ2n) is 7.47. The number of quaternary nitrogens is 1. The Morgan fingerprint density at radius 2 is 1.94 bits per heavy atom. The fraction of sp³-hybridized carbons (Fsp3) is 0.167. The summed E-state index contributed by atoms with van der Waals surface area (Å²) in [6.07, 6.45) is 1.78. The van der Waals surface area contributed by atoms with Crippen LogP contribution in [0, 0.1) is 5.82 Å². The van der Waals surface area contributed by atoms with E-state index in [2.05, 4.69) is 5.32 Å². The number of benzene rings is 3. The molecule has 0 spiro atoms. The van der Waals surface area contributed by atoms with E-state index in [1.54, 1.807) is 19.2 Å². The molecule has 2 aliphatic rings. The third-order valence-electron chi connectivity index (χ3n) is 5.55. The van der Waals surface area contributed by atoms with Gasteiger partial charge in [0.1, 0.15) is 23.4 Å². The van der Waals surface area contributed by atoms with Crippen molar-refractivity contribution in [2.75, 3.05) is 13.9 Å². The highest BCUT2D eigenvalue weighted by Gasteiger charge is 2.30. The Morgan fingerprint density at radius 1 is 1.06 bits per heavy atom. The van der Waals surface area contributed by atoms with Crippen LogP contribution in [0.1, 0.15) is 28.9 Å². The molecule has 0 fully saturated rings. The number of rotatable bonds is 4. The first-order valence-corrected chi connectivity index (χ1v) is 9.96. The zero-order valence-electron chi connectivity index (χ0n) is 16.8. The molecule has 158 valence electrons. The van der Waals surface area contributed by atoms with Gasteiger partial charge in [0, 0.05) is 29.0 Å². The van der Waals surface area contributed by atoms with E-state index in [0.717, 1.165) is 22.4 Å². The van der Waals surface area contributed by atoms with Gasteiger partial charge in [-0.25, -0.2) is 4.39 Å². The van der Waals surface area contributed by atoms with E-state index in [9.17, 15) is 9.50 Å². The molecule has 0 amide bonds. The van der Waals surface area contributed by atoms with Crippen molar-refractivity contribution in [3.63, 3.8) is 0 Å². The van der Waals surface area contributed by atoms with Crippen LogP contribution in [0.3, 0.4) is 0 Å². The fourth-order valence-corrected chi connectivity index (χ4v) is 3.97. The first-order valence-electron chi connectivity index (χ1n) is 9.96. The third kappa shape index (κ3) is 3.75. The monoisotopic (exact) mass is 421 g/mol. The fourth-order valence-electron chi connectivity index (χ4n) is 3.97. The second kappa shape index (κ2) is 7.85. The molecule has 0 saturated carbocycles. The quantitative estimate of drug-likeness (QED) is 0.603. The largest absolute Gasteiger partial charge is 0.507 e. The molecule has 6 nitrogen and oxygen atoms in total. The smallest absolute Gasteiger partial charge is 0.231 e. The van der Waals surface area contributed by atoms with E-state index in [-0.39, 0.29) is 30.6 Å². The number of nitrogens with one attached hydrogen (secondary N) is 1. The van der Waals surface area contributed by atoms with Gasteiger partial charge in [0.15, 0.2) is 17.7 Å². The molecule has 0 saturated heterocycles. The van der Waals surface area contributed by atoms with E-state index < -0.39 is 0 Å². The van der Waals surface area contributed by atoms with Crippen molar-refractivity contribution in [1.82, 2.24) is 5.32 Å². The number of halogens is 1. The van der Waals surface area contributed by atoms with Gasteiger partial charge in [-0.3, -0.25) is 0 Å². The minimum Gasteiger partial charge on any atom is -0.507 e. The lowest BCUT2D eigenvalue weighted by Crippen LogP contribution is -2.89. The Bertz CT molecular complexity index is 1160. The van der Waals surface area contributed by atoms with Crippen LogP contribution < -0.4 is 24.8 Å². The van der Waals surface area contributed by atoms with Gasteiger partial charge >= 0.3 is 0 Å². The molecule has 31 heavy (non-hydrogen) atoms. The van der Waals surface area contributed by atoms with Gasteiger partial charge in [0.05, 0.1) is 12.7 Å². The standard InChI is InChI=1S/C24H21FN2O4/c1-29-17-6-7-18(21(28)11-17)20-12-19(14-5-8-22-23(10-14)31-13-30-22)26-24(27-20)15-3-2-4-16(25)9-15/h2-12,20,24,26-28H,13H2,1H3/p+1. The van der Waals surface area contributed by atoms with Gasteiger partial charge in [-0.2, -0.15) is 0 Å². The molecule has 2 aliphatic heterocycles. The summed E-state index contributed by atoms with van der Waals surface area (Å²) in [6, 6.07) is 17.3. The number of phenolic OH excluding ortho intramolecular Hbond substituents is 1. The number of methoxy groups -OCH3 is 1. The lowest BCUT2D eigenvalue weighted by atomic mass is 9.97. The van der Waals surface area contributed by atoms with Gasteiger partial charge in [-0.15, -0.1) is 0 Å². The van der Waals surface area contributed by atoms with Crippen molar-refractivity contribution in [2.45, 2.75) is 12.2 Å². The summed E-state index contributed by atoms with van der Waals surface area (Å²) in [5.41, 5.74) is 3.30. The summed E-state index contributed by atoms with van der Waals surface area (Å²) in [4.78, 5) is 0. The number of ether oxygens (including phenoxy) is 3. The molecule has 2 heterocycles. The summed E-state index contributed by atoms with van der Waals surface area (Å²) in [5, 5.41) is 16.1. The summed E-state index contributed by atoms with van der Waals surface area (Å²) in [6.45, 7) is 0.202. The molecule has 7 heteroatoms. The summed E-state index contributed by atoms with van der Waals surface area (Å²) >= 11 is 0. The van der Waals surface area contributed by atoms with Gasteiger partial charge in [-0.05, 0) is 42.5 Å². The maximum atomic E-state index is 13.9. The first kappa shape index (κ1) is 19.3. The van der Waals surface area contributed by atoms with Crippen LogP contribution in [-0.4, -0.2) is 19.0 Å². The highest BCUT2D eigenvalue weighted by Crippen LogP contribution is 2.36. The average molecular weight is 421 g/mol. The summed E-state index contributed by atoms with van der Waals surface area (Å²) in [7, 11) is 1.56. The lowest BCUT2D eigenvalue weighted by molar-refractivity contribution is -0.731. The Morgan fingerprint density at radius 3 is 2.74 bits per heavy atom. The Kier molecular flexibility index (Phi) is 4.88. The Hall–Kier alpha value is -3.71. The van der Waals surface area contributed by atoms with Crippen molar-refractivity contribution >= 4 is 5.70 Å². The van der Waals surface area contributed by atoms with Crippen molar-refractivity contribution in [3.8, 4) is 23.0 Å². The van der Waals surface area contributed by atoms with Crippen LogP contribution in [0.4, 0.5) is 4.39 Å². The van der Waals surface area contributed by atoms with Gasteiger partial charge < -0.3 is 30.0 Å². The predicted molar refractivity (Wildman–Crippen MR) is 112 cm³/mol. The Balaban J connectivity index is 1.56. The lowest BCUT2D eigenvalue weighted by Gasteiger charge is -2.30. The van der Waals surface area contributed by atoms with Gasteiger partial charge in [0.2, 0.25) is 6.79 Å². The number of nitrogens with two attached hydrogens (primary N) is 1. The van der Waals surface area contributed by atoms with E-state index in [4.69, 9.17) is 14.2 Å². The zero-order valence-corrected chi connectivity index (χ0v) is 16.8. The topological polar surface area (TPSA) is 76.6 Å².